The van der Waals surface area contributed by atoms with Gasteiger partial charge in [0.2, 0.25) is 0 Å². The zero-order valence-electron chi connectivity index (χ0n) is 33.2. The number of hydrogen-bond donors (Lipinski definition) is 0. The van der Waals surface area contributed by atoms with Gasteiger partial charge in [0.25, 0.3) is 0 Å². The summed E-state index contributed by atoms with van der Waals surface area (Å²) >= 11 is 3.57. The van der Waals surface area contributed by atoms with Crippen LogP contribution in [0.4, 0.5) is 0 Å². The third-order valence-electron chi connectivity index (χ3n) is 8.93. The number of rotatable bonds is 39. The highest BCUT2D eigenvalue weighted by molar-refractivity contribution is 9.09. The summed E-state index contributed by atoms with van der Waals surface area (Å²) in [6.45, 7) is 10.5. The van der Waals surface area contributed by atoms with Crippen LogP contribution in [-0.2, 0) is 13.6 Å². The molecule has 1 unspecified atom stereocenters. The van der Waals surface area contributed by atoms with E-state index in [4.69, 9.17) is 13.6 Å². The van der Waals surface area contributed by atoms with Gasteiger partial charge in [0, 0.05) is 18.5 Å². The van der Waals surface area contributed by atoms with Crippen LogP contribution in [0, 0.1) is 0 Å². The molecule has 0 aliphatic rings. The molecule has 0 aromatic heterocycles. The third kappa shape index (κ3) is 40.2. The summed E-state index contributed by atoms with van der Waals surface area (Å²) in [5, 5.41) is 1.07. The van der Waals surface area contributed by atoms with Crippen molar-refractivity contribution in [1.82, 2.24) is 0 Å². The van der Waals surface area contributed by atoms with E-state index in [9.17, 15) is 0 Å². The van der Waals surface area contributed by atoms with Gasteiger partial charge in [0.15, 0.2) is 0 Å². The van der Waals surface area contributed by atoms with Gasteiger partial charge in [-0.25, -0.2) is 0 Å². The summed E-state index contributed by atoms with van der Waals surface area (Å²) in [5.41, 5.74) is 0. The molecule has 0 N–H and O–H groups in total. The van der Waals surface area contributed by atoms with Gasteiger partial charge in [-0.05, 0) is 109 Å². The van der Waals surface area contributed by atoms with Crippen molar-refractivity contribution >= 4 is 24.5 Å². The topological polar surface area (TPSA) is 27.7 Å². The highest BCUT2D eigenvalue weighted by Crippen LogP contribution is 2.19. The maximum atomic E-state index is 6.54. The van der Waals surface area contributed by atoms with Gasteiger partial charge in [0.1, 0.15) is 6.29 Å². The van der Waals surface area contributed by atoms with Crippen molar-refractivity contribution in [3.8, 4) is 0 Å². The molecule has 0 aromatic rings. The lowest BCUT2D eigenvalue weighted by atomic mass is 10.1. The van der Waals surface area contributed by atoms with Gasteiger partial charge in [-0.15, -0.1) is 0 Å². The van der Waals surface area contributed by atoms with Crippen molar-refractivity contribution in [2.75, 3.05) is 18.5 Å². The number of hydrogen-bond acceptors (Lipinski definition) is 3. The first-order chi connectivity index (χ1) is 24.1. The quantitative estimate of drug-likeness (QED) is 0.0205. The van der Waals surface area contributed by atoms with Gasteiger partial charge >= 0.3 is 8.56 Å². The third-order valence-corrected chi connectivity index (χ3v) is 11.2. The van der Waals surface area contributed by atoms with Crippen LogP contribution in [0.25, 0.3) is 0 Å². The molecule has 49 heavy (non-hydrogen) atoms. The molecule has 3 nitrogen and oxygen atoms in total. The van der Waals surface area contributed by atoms with Crippen LogP contribution in [0.2, 0.25) is 13.1 Å². The zero-order valence-corrected chi connectivity index (χ0v) is 35.8. The number of allylic oxidation sites excluding steroid dienone is 8. The van der Waals surface area contributed by atoms with E-state index < -0.39 is 8.56 Å². The van der Waals surface area contributed by atoms with Crippen LogP contribution in [0.1, 0.15) is 194 Å². The Kier molecular flexibility index (Phi) is 39.9. The average Bonchev–Trinajstić information content (AvgIpc) is 3.09. The molecule has 0 fully saturated rings. The molecule has 288 valence electrons. The lowest BCUT2D eigenvalue weighted by Gasteiger charge is -2.29. The van der Waals surface area contributed by atoms with E-state index in [1.807, 2.05) is 0 Å². The van der Waals surface area contributed by atoms with Crippen LogP contribution >= 0.6 is 15.9 Å². The SMILES string of the molecule is CCCCC/C=C\C/C=C\CCCCCCCCOC(CCCCCBr)O[Si](C)(C)OCCCCCCCC/C=C\C/C=C\CCCCC. The number of halogens is 1. The summed E-state index contributed by atoms with van der Waals surface area (Å²) in [7, 11) is -2.21. The van der Waals surface area contributed by atoms with Crippen LogP contribution in [0.15, 0.2) is 48.6 Å². The van der Waals surface area contributed by atoms with Crippen molar-refractivity contribution in [3.05, 3.63) is 48.6 Å². The van der Waals surface area contributed by atoms with Gasteiger partial charge in [-0.1, -0.05) is 162 Å². The van der Waals surface area contributed by atoms with Gasteiger partial charge in [-0.3, -0.25) is 0 Å². The molecule has 1 atom stereocenters. The molecular weight excluding hydrogens is 684 g/mol. The van der Waals surface area contributed by atoms with E-state index in [1.54, 1.807) is 0 Å². The zero-order chi connectivity index (χ0) is 35.8. The lowest BCUT2D eigenvalue weighted by Crippen LogP contribution is -2.40. The van der Waals surface area contributed by atoms with Crippen molar-refractivity contribution in [3.63, 3.8) is 0 Å². The minimum atomic E-state index is -2.21. The Morgan fingerprint density at radius 2 is 0.878 bits per heavy atom. The van der Waals surface area contributed by atoms with Crippen LogP contribution in [-0.4, -0.2) is 33.4 Å². The van der Waals surface area contributed by atoms with Crippen LogP contribution in [0.5, 0.6) is 0 Å². The Hall–Kier alpha value is -0.463. The van der Waals surface area contributed by atoms with E-state index in [1.165, 1.54) is 141 Å². The maximum Gasteiger partial charge on any atom is 0.333 e. The number of ether oxygens (including phenoxy) is 1. The summed E-state index contributed by atoms with van der Waals surface area (Å²) < 4.78 is 19.2. The second-order valence-electron chi connectivity index (χ2n) is 14.4. The minimum absolute atomic E-state index is 0.120. The molecule has 0 saturated carbocycles. The first-order valence-corrected chi connectivity index (χ1v) is 25.1. The van der Waals surface area contributed by atoms with Gasteiger partial charge in [0.05, 0.1) is 0 Å². The van der Waals surface area contributed by atoms with E-state index in [-0.39, 0.29) is 6.29 Å². The minimum Gasteiger partial charge on any atom is -0.394 e. The van der Waals surface area contributed by atoms with E-state index in [0.717, 1.165) is 57.1 Å². The van der Waals surface area contributed by atoms with Crippen molar-refractivity contribution < 1.29 is 13.6 Å². The number of unbranched alkanes of at least 4 members (excludes halogenated alkanes) is 20. The molecule has 0 spiro atoms. The molecule has 0 bridgehead atoms. The molecule has 0 aliphatic heterocycles. The van der Waals surface area contributed by atoms with Crippen LogP contribution < -0.4 is 0 Å². The standard InChI is InChI=1S/C44H83BrO3Si/c1-5-7-9-11-13-15-17-19-21-23-25-27-29-31-33-38-42-46-44(40-36-35-37-41-45)48-49(3,4)47-43-39-34-32-30-28-26-24-22-20-18-16-14-12-10-8-6-2/h13-16,19-22,44H,5-12,17-18,23-43H2,1-4H3/b15-13-,16-14-,21-19-,22-20-. The predicted octanol–water partition coefficient (Wildman–Crippen LogP) is 15.6. The lowest BCUT2D eigenvalue weighted by molar-refractivity contribution is -0.104. The van der Waals surface area contributed by atoms with Gasteiger partial charge < -0.3 is 13.6 Å². The summed E-state index contributed by atoms with van der Waals surface area (Å²) in [6, 6.07) is 0. The monoisotopic (exact) mass is 767 g/mol. The fourth-order valence-electron chi connectivity index (χ4n) is 5.82. The summed E-state index contributed by atoms with van der Waals surface area (Å²) in [6.07, 6.45) is 53.6. The maximum absolute atomic E-state index is 6.54. The Balaban J connectivity index is 3.96. The Morgan fingerprint density at radius 3 is 1.35 bits per heavy atom. The first-order valence-electron chi connectivity index (χ1n) is 21.1. The number of alkyl halides is 1. The summed E-state index contributed by atoms with van der Waals surface area (Å²) in [5.74, 6) is 0. The average molecular weight is 768 g/mol. The fraction of sp³-hybridized carbons (Fsp3) is 0.818. The molecule has 0 rings (SSSR count). The molecule has 0 heterocycles. The summed E-state index contributed by atoms with van der Waals surface area (Å²) in [4.78, 5) is 0. The van der Waals surface area contributed by atoms with Crippen molar-refractivity contribution in [1.29, 1.82) is 0 Å². The Morgan fingerprint density at radius 1 is 0.469 bits per heavy atom. The smallest absolute Gasteiger partial charge is 0.333 e. The molecule has 0 saturated heterocycles. The van der Waals surface area contributed by atoms with Crippen LogP contribution in [0.3, 0.4) is 0 Å². The van der Waals surface area contributed by atoms with E-state index in [2.05, 4.69) is 91.5 Å². The first kappa shape index (κ1) is 48.5. The second kappa shape index (κ2) is 40.3. The fourth-order valence-corrected chi connectivity index (χ4v) is 7.74. The Labute approximate surface area is 317 Å². The highest BCUT2D eigenvalue weighted by Gasteiger charge is 2.29. The molecule has 0 aromatic carbocycles. The molecule has 0 aliphatic carbocycles. The van der Waals surface area contributed by atoms with Crippen molar-refractivity contribution in [2.45, 2.75) is 213 Å². The van der Waals surface area contributed by atoms with E-state index in [0.29, 0.717) is 0 Å². The Bertz CT molecular complexity index is 763. The highest BCUT2D eigenvalue weighted by atomic mass is 79.9. The molecular formula is C44H83BrO3Si. The van der Waals surface area contributed by atoms with Gasteiger partial charge in [-0.2, -0.15) is 0 Å². The molecule has 0 amide bonds. The molecule has 0 radical (unpaired) electrons. The molecule has 5 heteroatoms. The van der Waals surface area contributed by atoms with E-state index >= 15 is 0 Å². The second-order valence-corrected chi connectivity index (χ2v) is 18.5. The predicted molar refractivity (Wildman–Crippen MR) is 225 cm³/mol. The normalized spacial score (nSPS) is 13.3. The van der Waals surface area contributed by atoms with Crippen molar-refractivity contribution in [2.24, 2.45) is 0 Å². The largest absolute Gasteiger partial charge is 0.394 e.